The normalized spacial score (nSPS) is 12.0. The maximum absolute atomic E-state index is 6.94. The summed E-state index contributed by atoms with van der Waals surface area (Å²) in [6.07, 6.45) is 0. The van der Waals surface area contributed by atoms with Crippen molar-refractivity contribution in [3.8, 4) is 33.6 Å². The quantitative estimate of drug-likeness (QED) is 0.142. The Kier molecular flexibility index (Phi) is 5.70. The van der Waals surface area contributed by atoms with Crippen molar-refractivity contribution < 1.29 is 8.83 Å². The van der Waals surface area contributed by atoms with Gasteiger partial charge in [0.25, 0.3) is 0 Å². The van der Waals surface area contributed by atoms with Crippen LogP contribution in [0.15, 0.2) is 179 Å². The Morgan fingerprint density at radius 3 is 1.52 bits per heavy atom. The highest BCUT2D eigenvalue weighted by atomic mass is 16.3. The Bertz CT molecular complexity index is 3080. The van der Waals surface area contributed by atoms with Crippen molar-refractivity contribution in [1.82, 2.24) is 0 Å². The molecule has 0 N–H and O–H groups in total. The van der Waals surface area contributed by atoms with Gasteiger partial charge in [0, 0.05) is 32.8 Å². The zero-order valence-electron chi connectivity index (χ0n) is 27.0. The molecule has 0 aliphatic rings. The van der Waals surface area contributed by atoms with E-state index in [9.17, 15) is 0 Å². The molecule has 0 saturated carbocycles. The van der Waals surface area contributed by atoms with Gasteiger partial charge in [0.05, 0.1) is 0 Å². The highest BCUT2D eigenvalue weighted by Gasteiger charge is 2.27. The third kappa shape index (κ3) is 3.79. The van der Waals surface area contributed by atoms with Crippen LogP contribution in [0.5, 0.6) is 0 Å². The molecule has 0 fully saturated rings. The van der Waals surface area contributed by atoms with E-state index < -0.39 is 0 Å². The summed E-state index contributed by atoms with van der Waals surface area (Å²) in [4.78, 5) is 0. The zero-order chi connectivity index (χ0) is 32.8. The van der Waals surface area contributed by atoms with Crippen LogP contribution in [0.3, 0.4) is 0 Å². The van der Waals surface area contributed by atoms with Crippen LogP contribution >= 0.6 is 0 Å². The van der Waals surface area contributed by atoms with Crippen molar-refractivity contribution in [2.45, 2.75) is 0 Å². The molecule has 11 rings (SSSR count). The summed E-state index contributed by atoms with van der Waals surface area (Å²) in [7, 11) is 0. The summed E-state index contributed by atoms with van der Waals surface area (Å²) in [5.74, 6) is 0.859. The topological polar surface area (TPSA) is 26.3 Å². The molecule has 2 nitrogen and oxygen atoms in total. The SMILES string of the molecule is c1ccc(-c2oc3ccc4oc5ccccc5c4c3c2-c2c3ccccc3c(-c3cc4ccccc4c4ccccc34)c3ccccc23)cc1. The van der Waals surface area contributed by atoms with Crippen LogP contribution in [0.2, 0.25) is 0 Å². The fraction of sp³-hybridized carbons (Fsp3) is 0. The maximum atomic E-state index is 6.94. The van der Waals surface area contributed by atoms with Crippen LogP contribution in [-0.4, -0.2) is 0 Å². The fourth-order valence-electron chi connectivity index (χ4n) is 8.39. The van der Waals surface area contributed by atoms with Crippen molar-refractivity contribution in [3.05, 3.63) is 170 Å². The molecule has 2 heteroatoms. The van der Waals surface area contributed by atoms with Crippen LogP contribution < -0.4 is 0 Å². The van der Waals surface area contributed by atoms with Gasteiger partial charge in [-0.25, -0.2) is 0 Å². The van der Waals surface area contributed by atoms with Gasteiger partial charge in [-0.3, -0.25) is 0 Å². The molecule has 0 atom stereocenters. The Hall–Kier alpha value is -6.64. The average Bonchev–Trinajstić information content (AvgIpc) is 3.76. The predicted molar refractivity (Wildman–Crippen MR) is 210 cm³/mol. The smallest absolute Gasteiger partial charge is 0.143 e. The Labute approximate surface area is 287 Å². The van der Waals surface area contributed by atoms with Crippen molar-refractivity contribution in [2.24, 2.45) is 0 Å². The van der Waals surface area contributed by atoms with Crippen molar-refractivity contribution in [3.63, 3.8) is 0 Å². The molecule has 0 unspecified atom stereocenters. The lowest BCUT2D eigenvalue weighted by molar-refractivity contribution is 0.632. The summed E-state index contributed by atoms with van der Waals surface area (Å²) < 4.78 is 13.4. The summed E-state index contributed by atoms with van der Waals surface area (Å²) in [5.41, 5.74) is 8.35. The highest BCUT2D eigenvalue weighted by Crippen LogP contribution is 2.52. The van der Waals surface area contributed by atoms with Crippen molar-refractivity contribution >= 4 is 76.0 Å². The van der Waals surface area contributed by atoms with Gasteiger partial charge >= 0.3 is 0 Å². The van der Waals surface area contributed by atoms with E-state index in [4.69, 9.17) is 8.83 Å². The largest absolute Gasteiger partial charge is 0.456 e. The van der Waals surface area contributed by atoms with Crippen LogP contribution in [-0.2, 0) is 0 Å². The number of furan rings is 2. The minimum atomic E-state index is 0.843. The lowest BCUT2D eigenvalue weighted by atomic mass is 9.82. The first-order chi connectivity index (χ1) is 24.8. The van der Waals surface area contributed by atoms with E-state index in [1.807, 2.05) is 18.2 Å². The number of hydrogen-bond acceptors (Lipinski definition) is 2. The van der Waals surface area contributed by atoms with E-state index in [-0.39, 0.29) is 0 Å². The van der Waals surface area contributed by atoms with E-state index in [1.165, 1.54) is 59.8 Å². The minimum Gasteiger partial charge on any atom is -0.456 e. The second-order valence-corrected chi connectivity index (χ2v) is 13.1. The van der Waals surface area contributed by atoms with Crippen LogP contribution in [0.25, 0.3) is 110 Å². The molecule has 2 heterocycles. The summed E-state index contributed by atoms with van der Waals surface area (Å²) in [5, 5.41) is 13.0. The Morgan fingerprint density at radius 1 is 0.300 bits per heavy atom. The van der Waals surface area contributed by atoms with Crippen LogP contribution in [0.1, 0.15) is 0 Å². The van der Waals surface area contributed by atoms with Gasteiger partial charge in [0.1, 0.15) is 22.5 Å². The second kappa shape index (κ2) is 10.4. The molecule has 0 spiro atoms. The van der Waals surface area contributed by atoms with Crippen LogP contribution in [0, 0.1) is 0 Å². The van der Waals surface area contributed by atoms with Gasteiger partial charge in [0.2, 0.25) is 0 Å². The molecule has 232 valence electrons. The fourth-order valence-corrected chi connectivity index (χ4v) is 8.39. The molecule has 0 amide bonds. The standard InChI is InChI=1S/C48H28O2/c1-2-14-29(15-3-1)48-47(46-42(50-48)27-26-41-45(46)38-24-12-13-25-40(38)49-41)44-36-22-10-8-20-34(36)43(35-21-9-11-23-37(35)44)39-28-30-16-4-5-17-31(30)32-18-6-7-19-33(32)39/h1-28H. The molecule has 0 aliphatic carbocycles. The molecule has 0 saturated heterocycles. The van der Waals surface area contributed by atoms with E-state index in [0.29, 0.717) is 0 Å². The first kappa shape index (κ1) is 27.3. The minimum absolute atomic E-state index is 0.843. The molecule has 0 radical (unpaired) electrons. The maximum Gasteiger partial charge on any atom is 0.143 e. The van der Waals surface area contributed by atoms with Crippen molar-refractivity contribution in [1.29, 1.82) is 0 Å². The highest BCUT2D eigenvalue weighted by molar-refractivity contribution is 6.31. The summed E-state index contributed by atoms with van der Waals surface area (Å²) in [6, 6.07) is 60.7. The number of hydrogen-bond donors (Lipinski definition) is 0. The molecule has 11 aromatic rings. The van der Waals surface area contributed by atoms with Gasteiger partial charge in [0.15, 0.2) is 0 Å². The lowest BCUT2D eigenvalue weighted by Gasteiger charge is -2.20. The number of para-hydroxylation sites is 1. The molecule has 2 aromatic heterocycles. The molecular weight excluding hydrogens is 609 g/mol. The second-order valence-electron chi connectivity index (χ2n) is 13.1. The van der Waals surface area contributed by atoms with Gasteiger partial charge in [-0.15, -0.1) is 0 Å². The monoisotopic (exact) mass is 636 g/mol. The lowest BCUT2D eigenvalue weighted by Crippen LogP contribution is -1.93. The number of rotatable bonds is 3. The zero-order valence-corrected chi connectivity index (χ0v) is 27.0. The van der Waals surface area contributed by atoms with Crippen molar-refractivity contribution in [2.75, 3.05) is 0 Å². The molecule has 0 aliphatic heterocycles. The van der Waals surface area contributed by atoms with E-state index in [0.717, 1.165) is 49.8 Å². The number of fused-ring (bicyclic) bond motifs is 10. The van der Waals surface area contributed by atoms with Gasteiger partial charge in [-0.05, 0) is 78.5 Å². The Morgan fingerprint density at radius 2 is 0.820 bits per heavy atom. The first-order valence-electron chi connectivity index (χ1n) is 17.1. The molecule has 50 heavy (non-hydrogen) atoms. The third-order valence-electron chi connectivity index (χ3n) is 10.4. The summed E-state index contributed by atoms with van der Waals surface area (Å²) >= 11 is 0. The third-order valence-corrected chi connectivity index (χ3v) is 10.4. The van der Waals surface area contributed by atoms with Gasteiger partial charge < -0.3 is 8.83 Å². The van der Waals surface area contributed by atoms with Gasteiger partial charge in [-0.2, -0.15) is 0 Å². The predicted octanol–water partition coefficient (Wildman–Crippen LogP) is 13.9. The van der Waals surface area contributed by atoms with E-state index in [2.05, 4.69) is 152 Å². The average molecular weight is 637 g/mol. The number of benzene rings is 9. The first-order valence-corrected chi connectivity index (χ1v) is 17.1. The molecule has 9 aromatic carbocycles. The molecule has 0 bridgehead atoms. The summed E-state index contributed by atoms with van der Waals surface area (Å²) in [6.45, 7) is 0. The van der Waals surface area contributed by atoms with E-state index >= 15 is 0 Å². The van der Waals surface area contributed by atoms with Crippen LogP contribution in [0.4, 0.5) is 0 Å². The van der Waals surface area contributed by atoms with E-state index in [1.54, 1.807) is 0 Å². The Balaban J connectivity index is 1.36. The van der Waals surface area contributed by atoms with Gasteiger partial charge in [-0.1, -0.05) is 146 Å². The molecular formula is C48H28O2.